The normalized spacial score (nSPS) is 12.9. The number of hydrogen-bond donors (Lipinski definition) is 2. The SMILES string of the molecule is CCCC(O)CNS(=O)(=O)c1ccc(C#N)cc1F. The number of rotatable bonds is 6. The van der Waals surface area contributed by atoms with Crippen molar-refractivity contribution < 1.29 is 17.9 Å². The molecule has 1 aromatic carbocycles. The van der Waals surface area contributed by atoms with Crippen LogP contribution < -0.4 is 4.72 Å². The van der Waals surface area contributed by atoms with E-state index in [1.165, 1.54) is 6.07 Å². The van der Waals surface area contributed by atoms with Crippen LogP contribution in [0, 0.1) is 17.1 Å². The molecule has 7 heteroatoms. The van der Waals surface area contributed by atoms with Gasteiger partial charge in [-0.1, -0.05) is 13.3 Å². The van der Waals surface area contributed by atoms with Crippen LogP contribution in [0.3, 0.4) is 0 Å². The molecule has 0 aliphatic heterocycles. The molecule has 0 aliphatic carbocycles. The van der Waals surface area contributed by atoms with Crippen LogP contribution in [0.25, 0.3) is 0 Å². The lowest BCUT2D eigenvalue weighted by Crippen LogP contribution is -2.32. The van der Waals surface area contributed by atoms with Gasteiger partial charge in [-0.2, -0.15) is 5.26 Å². The summed E-state index contributed by atoms with van der Waals surface area (Å²) in [7, 11) is -4.02. The summed E-state index contributed by atoms with van der Waals surface area (Å²) in [5.41, 5.74) is 0.0440. The Bertz CT molecular complexity index is 581. The van der Waals surface area contributed by atoms with E-state index in [1.807, 2.05) is 6.92 Å². The minimum Gasteiger partial charge on any atom is -0.392 e. The van der Waals surface area contributed by atoms with E-state index < -0.39 is 26.8 Å². The molecule has 0 saturated carbocycles. The van der Waals surface area contributed by atoms with Crippen LogP contribution in [-0.4, -0.2) is 26.2 Å². The van der Waals surface area contributed by atoms with Gasteiger partial charge in [-0.15, -0.1) is 0 Å². The lowest BCUT2D eigenvalue weighted by atomic mass is 10.2. The van der Waals surface area contributed by atoms with E-state index in [4.69, 9.17) is 5.26 Å². The monoisotopic (exact) mass is 286 g/mol. The molecular formula is C12H15FN2O3S. The predicted octanol–water partition coefficient (Wildman–Crippen LogP) is 1.14. The lowest BCUT2D eigenvalue weighted by molar-refractivity contribution is 0.167. The Morgan fingerprint density at radius 2 is 2.21 bits per heavy atom. The summed E-state index contributed by atoms with van der Waals surface area (Å²) in [6.45, 7) is 1.69. The Kier molecular flexibility index (Phi) is 5.42. The summed E-state index contributed by atoms with van der Waals surface area (Å²) in [5, 5.41) is 18.0. The molecule has 1 rings (SSSR count). The minimum atomic E-state index is -4.02. The standard InChI is InChI=1S/C12H15FN2O3S/c1-2-3-10(16)8-15-19(17,18)12-5-4-9(7-14)6-11(12)13/h4-6,10,15-16H,2-3,8H2,1H3. The maximum atomic E-state index is 13.6. The molecule has 1 unspecified atom stereocenters. The molecule has 1 atom stereocenters. The highest BCUT2D eigenvalue weighted by Crippen LogP contribution is 2.15. The van der Waals surface area contributed by atoms with Crippen LogP contribution in [0.2, 0.25) is 0 Å². The number of benzene rings is 1. The van der Waals surface area contributed by atoms with Crippen molar-refractivity contribution in [3.8, 4) is 6.07 Å². The number of nitrogens with zero attached hydrogens (tertiary/aromatic N) is 1. The summed E-state index contributed by atoms with van der Waals surface area (Å²) in [5.74, 6) is -0.989. The molecule has 5 nitrogen and oxygen atoms in total. The molecule has 104 valence electrons. The molecular weight excluding hydrogens is 271 g/mol. The van der Waals surface area contributed by atoms with Crippen LogP contribution in [0.4, 0.5) is 4.39 Å². The Morgan fingerprint density at radius 3 is 2.74 bits per heavy atom. The Hall–Kier alpha value is -1.49. The third kappa shape index (κ3) is 4.28. The zero-order valence-electron chi connectivity index (χ0n) is 10.4. The van der Waals surface area contributed by atoms with Gasteiger partial charge in [0.25, 0.3) is 0 Å². The fourth-order valence-electron chi connectivity index (χ4n) is 1.51. The van der Waals surface area contributed by atoms with Crippen molar-refractivity contribution in [1.82, 2.24) is 4.72 Å². The number of sulfonamides is 1. The highest BCUT2D eigenvalue weighted by molar-refractivity contribution is 7.89. The number of nitriles is 1. The third-order valence-electron chi connectivity index (χ3n) is 2.48. The van der Waals surface area contributed by atoms with Gasteiger partial charge in [-0.3, -0.25) is 0 Å². The van der Waals surface area contributed by atoms with Crippen molar-refractivity contribution >= 4 is 10.0 Å². The fourth-order valence-corrected chi connectivity index (χ4v) is 2.64. The molecule has 19 heavy (non-hydrogen) atoms. The lowest BCUT2D eigenvalue weighted by Gasteiger charge is -2.11. The zero-order chi connectivity index (χ0) is 14.5. The molecule has 0 aromatic heterocycles. The summed E-state index contributed by atoms with van der Waals surface area (Å²) in [4.78, 5) is -0.532. The molecule has 2 N–H and O–H groups in total. The van der Waals surface area contributed by atoms with Crippen LogP contribution in [0.15, 0.2) is 23.1 Å². The van der Waals surface area contributed by atoms with Crippen molar-refractivity contribution in [3.05, 3.63) is 29.6 Å². The van der Waals surface area contributed by atoms with E-state index >= 15 is 0 Å². The summed E-state index contributed by atoms with van der Waals surface area (Å²) in [6.07, 6.45) is 0.369. The van der Waals surface area contributed by atoms with Crippen molar-refractivity contribution in [2.75, 3.05) is 6.54 Å². The second-order valence-electron chi connectivity index (χ2n) is 4.05. The first kappa shape index (κ1) is 15.6. The first-order valence-corrected chi connectivity index (χ1v) is 7.26. The number of aliphatic hydroxyl groups is 1. The number of nitrogens with one attached hydrogen (secondary N) is 1. The second kappa shape index (κ2) is 6.61. The summed E-state index contributed by atoms with van der Waals surface area (Å²) < 4.78 is 39.3. The average Bonchev–Trinajstić information content (AvgIpc) is 2.36. The van der Waals surface area contributed by atoms with Gasteiger partial charge in [-0.05, 0) is 24.6 Å². The molecule has 0 bridgehead atoms. The molecule has 0 amide bonds. The third-order valence-corrected chi connectivity index (χ3v) is 3.94. The van der Waals surface area contributed by atoms with Gasteiger partial charge >= 0.3 is 0 Å². The van der Waals surface area contributed by atoms with E-state index in [1.54, 1.807) is 6.07 Å². The predicted molar refractivity (Wildman–Crippen MR) is 67.2 cm³/mol. The van der Waals surface area contributed by atoms with E-state index in [-0.39, 0.29) is 12.1 Å². The fraction of sp³-hybridized carbons (Fsp3) is 0.417. The van der Waals surface area contributed by atoms with Crippen LogP contribution in [-0.2, 0) is 10.0 Å². The molecule has 0 fully saturated rings. The molecule has 1 aromatic rings. The summed E-state index contributed by atoms with van der Waals surface area (Å²) >= 11 is 0. The van der Waals surface area contributed by atoms with Crippen LogP contribution in [0.1, 0.15) is 25.3 Å². The Balaban J connectivity index is 2.86. The van der Waals surface area contributed by atoms with Crippen LogP contribution in [0.5, 0.6) is 0 Å². The van der Waals surface area contributed by atoms with Crippen molar-refractivity contribution in [1.29, 1.82) is 5.26 Å². The smallest absolute Gasteiger partial charge is 0.243 e. The largest absolute Gasteiger partial charge is 0.392 e. The first-order chi connectivity index (χ1) is 8.90. The molecule has 0 spiro atoms. The van der Waals surface area contributed by atoms with E-state index in [9.17, 15) is 17.9 Å². The van der Waals surface area contributed by atoms with Gasteiger partial charge in [0, 0.05) is 6.54 Å². The van der Waals surface area contributed by atoms with Gasteiger partial charge in [0.1, 0.15) is 10.7 Å². The van der Waals surface area contributed by atoms with Crippen molar-refractivity contribution in [2.45, 2.75) is 30.8 Å². The zero-order valence-corrected chi connectivity index (χ0v) is 11.2. The molecule has 0 heterocycles. The highest BCUT2D eigenvalue weighted by Gasteiger charge is 2.20. The van der Waals surface area contributed by atoms with E-state index in [2.05, 4.69) is 4.72 Å². The first-order valence-electron chi connectivity index (χ1n) is 5.78. The van der Waals surface area contributed by atoms with Crippen LogP contribution >= 0.6 is 0 Å². The Morgan fingerprint density at radius 1 is 1.53 bits per heavy atom. The van der Waals surface area contributed by atoms with Gasteiger partial charge in [0.05, 0.1) is 17.7 Å². The topological polar surface area (TPSA) is 90.2 Å². The average molecular weight is 286 g/mol. The van der Waals surface area contributed by atoms with Gasteiger partial charge < -0.3 is 5.11 Å². The number of aliphatic hydroxyl groups excluding tert-OH is 1. The van der Waals surface area contributed by atoms with Crippen molar-refractivity contribution in [3.63, 3.8) is 0 Å². The quantitative estimate of drug-likeness (QED) is 0.820. The number of hydrogen-bond acceptors (Lipinski definition) is 4. The maximum absolute atomic E-state index is 13.6. The van der Waals surface area contributed by atoms with E-state index in [0.717, 1.165) is 12.1 Å². The van der Waals surface area contributed by atoms with Gasteiger partial charge in [0.15, 0.2) is 0 Å². The number of halogens is 1. The van der Waals surface area contributed by atoms with Crippen molar-refractivity contribution in [2.24, 2.45) is 0 Å². The second-order valence-corrected chi connectivity index (χ2v) is 5.79. The molecule has 0 aliphatic rings. The maximum Gasteiger partial charge on any atom is 0.243 e. The molecule has 0 saturated heterocycles. The van der Waals surface area contributed by atoms with E-state index in [0.29, 0.717) is 12.8 Å². The van der Waals surface area contributed by atoms with Gasteiger partial charge in [-0.25, -0.2) is 17.5 Å². The Labute approximate surface area is 111 Å². The minimum absolute atomic E-state index is 0.0440. The van der Waals surface area contributed by atoms with Gasteiger partial charge in [0.2, 0.25) is 10.0 Å². The summed E-state index contributed by atoms with van der Waals surface area (Å²) in [6, 6.07) is 4.83. The molecule has 0 radical (unpaired) electrons. The highest BCUT2D eigenvalue weighted by atomic mass is 32.2.